The van der Waals surface area contributed by atoms with Gasteiger partial charge in [-0.25, -0.2) is 0 Å². The molecule has 114 valence electrons. The molecule has 3 nitrogen and oxygen atoms in total. The second-order valence-corrected chi connectivity index (χ2v) is 6.25. The summed E-state index contributed by atoms with van der Waals surface area (Å²) in [6, 6.07) is 16.6. The number of fused-ring (bicyclic) bond motifs is 2. The molecule has 0 bridgehead atoms. The summed E-state index contributed by atoms with van der Waals surface area (Å²) in [5, 5.41) is 3.44. The van der Waals surface area contributed by atoms with Crippen molar-refractivity contribution in [2.75, 3.05) is 19.7 Å². The highest BCUT2D eigenvalue weighted by Gasteiger charge is 2.41. The van der Waals surface area contributed by atoms with Crippen molar-refractivity contribution in [2.24, 2.45) is 0 Å². The van der Waals surface area contributed by atoms with Gasteiger partial charge in [0.1, 0.15) is 18.1 Å². The van der Waals surface area contributed by atoms with E-state index in [2.05, 4.69) is 35.6 Å². The maximum Gasteiger partial charge on any atom is 0.126 e. The van der Waals surface area contributed by atoms with Gasteiger partial charge < -0.3 is 14.8 Å². The molecule has 1 N–H and O–H groups in total. The Hall–Kier alpha value is -2.00. The third-order valence-corrected chi connectivity index (χ3v) is 4.84. The van der Waals surface area contributed by atoms with Crippen molar-refractivity contribution in [2.45, 2.75) is 24.9 Å². The number of hydrogen-bond acceptors (Lipinski definition) is 3. The van der Waals surface area contributed by atoms with Crippen LogP contribution in [0.2, 0.25) is 0 Å². The van der Waals surface area contributed by atoms with Gasteiger partial charge in [-0.2, -0.15) is 0 Å². The fraction of sp³-hybridized carbons (Fsp3) is 0.368. The molecule has 22 heavy (non-hydrogen) atoms. The first-order valence-corrected chi connectivity index (χ1v) is 8.01. The van der Waals surface area contributed by atoms with Gasteiger partial charge in [-0.1, -0.05) is 36.4 Å². The van der Waals surface area contributed by atoms with Crippen molar-refractivity contribution in [1.29, 1.82) is 0 Å². The van der Waals surface area contributed by atoms with Crippen LogP contribution >= 0.6 is 0 Å². The lowest BCUT2D eigenvalue weighted by molar-refractivity contribution is 0.220. The highest BCUT2D eigenvalue weighted by atomic mass is 16.5. The summed E-state index contributed by atoms with van der Waals surface area (Å²) in [5.41, 5.74) is 2.76. The average molecular weight is 295 g/mol. The number of rotatable bonds is 3. The van der Waals surface area contributed by atoms with Gasteiger partial charge in [0, 0.05) is 17.0 Å². The van der Waals surface area contributed by atoms with Gasteiger partial charge in [0.15, 0.2) is 0 Å². The SMILES string of the molecule is c1ccc(COc2ccc3c(c2)OCC32CCNCC2)cc1. The van der Waals surface area contributed by atoms with E-state index in [9.17, 15) is 0 Å². The molecule has 4 rings (SSSR count). The Morgan fingerprint density at radius 1 is 1.05 bits per heavy atom. The van der Waals surface area contributed by atoms with E-state index in [4.69, 9.17) is 9.47 Å². The summed E-state index contributed by atoms with van der Waals surface area (Å²) in [6.45, 7) is 3.56. The van der Waals surface area contributed by atoms with Crippen molar-refractivity contribution >= 4 is 0 Å². The van der Waals surface area contributed by atoms with Crippen LogP contribution in [0.3, 0.4) is 0 Å². The van der Waals surface area contributed by atoms with Gasteiger partial charge in [-0.15, -0.1) is 0 Å². The summed E-state index contributed by atoms with van der Waals surface area (Å²) < 4.78 is 11.9. The minimum absolute atomic E-state index is 0.221. The molecule has 2 aliphatic rings. The summed E-state index contributed by atoms with van der Waals surface area (Å²) in [7, 11) is 0. The third-order valence-electron chi connectivity index (χ3n) is 4.84. The number of piperidine rings is 1. The van der Waals surface area contributed by atoms with Crippen LogP contribution in [0, 0.1) is 0 Å². The van der Waals surface area contributed by atoms with Gasteiger partial charge in [-0.05, 0) is 37.6 Å². The molecule has 1 saturated heterocycles. The third kappa shape index (κ3) is 2.46. The van der Waals surface area contributed by atoms with E-state index in [1.165, 1.54) is 11.1 Å². The van der Waals surface area contributed by atoms with Crippen LogP contribution in [-0.2, 0) is 12.0 Å². The van der Waals surface area contributed by atoms with E-state index >= 15 is 0 Å². The topological polar surface area (TPSA) is 30.5 Å². The monoisotopic (exact) mass is 295 g/mol. The van der Waals surface area contributed by atoms with Crippen molar-refractivity contribution in [3.8, 4) is 11.5 Å². The molecule has 0 unspecified atom stereocenters. The highest BCUT2D eigenvalue weighted by Crippen LogP contribution is 2.45. The first-order chi connectivity index (χ1) is 10.9. The zero-order valence-electron chi connectivity index (χ0n) is 12.7. The molecule has 2 aromatic carbocycles. The van der Waals surface area contributed by atoms with Crippen LogP contribution < -0.4 is 14.8 Å². The number of benzene rings is 2. The first kappa shape index (κ1) is 13.6. The second-order valence-electron chi connectivity index (χ2n) is 6.25. The molecule has 0 atom stereocenters. The summed E-state index contributed by atoms with van der Waals surface area (Å²) in [4.78, 5) is 0. The highest BCUT2D eigenvalue weighted by molar-refractivity contribution is 5.48. The molecule has 2 aliphatic heterocycles. The molecule has 0 saturated carbocycles. The Labute approximate surface area is 131 Å². The molecule has 0 aliphatic carbocycles. The van der Waals surface area contributed by atoms with E-state index in [0.29, 0.717) is 6.61 Å². The first-order valence-electron chi connectivity index (χ1n) is 8.01. The smallest absolute Gasteiger partial charge is 0.126 e. The molecule has 2 heterocycles. The number of hydrogen-bond donors (Lipinski definition) is 1. The van der Waals surface area contributed by atoms with Gasteiger partial charge in [-0.3, -0.25) is 0 Å². The molecule has 3 heteroatoms. The predicted molar refractivity (Wildman–Crippen MR) is 86.5 cm³/mol. The molecule has 1 fully saturated rings. The van der Waals surface area contributed by atoms with Crippen molar-refractivity contribution in [1.82, 2.24) is 5.32 Å². The molecular weight excluding hydrogens is 274 g/mol. The van der Waals surface area contributed by atoms with E-state index in [1.54, 1.807) is 0 Å². The lowest BCUT2D eigenvalue weighted by Crippen LogP contribution is -2.40. The predicted octanol–water partition coefficient (Wildman–Crippen LogP) is 3.28. The maximum atomic E-state index is 5.98. The molecule has 1 spiro atoms. The molecule has 2 aromatic rings. The summed E-state index contributed by atoms with van der Waals surface area (Å²) in [6.07, 6.45) is 2.31. The lowest BCUT2D eigenvalue weighted by Gasteiger charge is -2.32. The lowest BCUT2D eigenvalue weighted by atomic mass is 9.75. The molecular formula is C19H21NO2. The minimum Gasteiger partial charge on any atom is -0.492 e. The number of ether oxygens (including phenoxy) is 2. The van der Waals surface area contributed by atoms with Gasteiger partial charge in [0.25, 0.3) is 0 Å². The Bertz CT molecular complexity index is 648. The Kier molecular flexibility index (Phi) is 3.51. The Morgan fingerprint density at radius 2 is 1.86 bits per heavy atom. The average Bonchev–Trinajstić information content (AvgIpc) is 2.92. The van der Waals surface area contributed by atoms with E-state index in [-0.39, 0.29) is 5.41 Å². The van der Waals surface area contributed by atoms with Crippen LogP contribution in [0.25, 0.3) is 0 Å². The zero-order valence-corrected chi connectivity index (χ0v) is 12.7. The van der Waals surface area contributed by atoms with Crippen molar-refractivity contribution in [3.05, 3.63) is 59.7 Å². The van der Waals surface area contributed by atoms with Crippen molar-refractivity contribution in [3.63, 3.8) is 0 Å². The van der Waals surface area contributed by atoms with Gasteiger partial charge in [0.05, 0.1) is 6.61 Å². The van der Waals surface area contributed by atoms with Crippen LogP contribution in [0.4, 0.5) is 0 Å². The maximum absolute atomic E-state index is 5.98. The van der Waals surface area contributed by atoms with Crippen LogP contribution in [0.5, 0.6) is 11.5 Å². The number of nitrogens with one attached hydrogen (secondary N) is 1. The van der Waals surface area contributed by atoms with Crippen molar-refractivity contribution < 1.29 is 9.47 Å². The Morgan fingerprint density at radius 3 is 2.68 bits per heavy atom. The quantitative estimate of drug-likeness (QED) is 0.942. The Balaban J connectivity index is 1.51. The fourth-order valence-electron chi connectivity index (χ4n) is 3.50. The van der Waals surface area contributed by atoms with E-state index in [0.717, 1.165) is 44.0 Å². The minimum atomic E-state index is 0.221. The fourth-order valence-corrected chi connectivity index (χ4v) is 3.50. The normalized spacial score (nSPS) is 18.7. The molecule has 0 amide bonds. The van der Waals surface area contributed by atoms with Crippen LogP contribution in [0.15, 0.2) is 48.5 Å². The molecule has 0 aromatic heterocycles. The molecule has 0 radical (unpaired) electrons. The van der Waals surface area contributed by atoms with E-state index in [1.807, 2.05) is 18.2 Å². The van der Waals surface area contributed by atoms with Crippen LogP contribution in [-0.4, -0.2) is 19.7 Å². The van der Waals surface area contributed by atoms with Gasteiger partial charge >= 0.3 is 0 Å². The van der Waals surface area contributed by atoms with E-state index < -0.39 is 0 Å². The zero-order chi connectivity index (χ0) is 14.8. The standard InChI is InChI=1S/C19H21NO2/c1-2-4-15(5-3-1)13-21-16-6-7-17-18(12-16)22-14-19(17)8-10-20-11-9-19/h1-7,12,20H,8-11,13-14H2. The van der Waals surface area contributed by atoms with Gasteiger partial charge in [0.2, 0.25) is 0 Å². The second kappa shape index (κ2) is 5.65. The summed E-state index contributed by atoms with van der Waals surface area (Å²) >= 11 is 0. The largest absolute Gasteiger partial charge is 0.492 e. The summed E-state index contributed by atoms with van der Waals surface area (Å²) in [5.74, 6) is 1.89. The van der Waals surface area contributed by atoms with Crippen LogP contribution in [0.1, 0.15) is 24.0 Å².